The molecule has 3 N–H and O–H groups in total. The van der Waals surface area contributed by atoms with Gasteiger partial charge in [-0.25, -0.2) is 0 Å². The third-order valence-corrected chi connectivity index (χ3v) is 5.05. The van der Waals surface area contributed by atoms with E-state index in [1.807, 2.05) is 0 Å². The summed E-state index contributed by atoms with van der Waals surface area (Å²) in [5, 5.41) is 3.22. The number of carbonyl (C=O) groups is 1. The Bertz CT molecular complexity index is 276. The lowest BCUT2D eigenvalue weighted by molar-refractivity contribution is -0.122. The lowest BCUT2D eigenvalue weighted by Crippen LogP contribution is -2.37. The summed E-state index contributed by atoms with van der Waals surface area (Å²) >= 11 is 0. The van der Waals surface area contributed by atoms with Gasteiger partial charge in [0, 0.05) is 18.5 Å². The van der Waals surface area contributed by atoms with Crippen molar-refractivity contribution < 1.29 is 4.79 Å². The van der Waals surface area contributed by atoms with E-state index in [2.05, 4.69) is 12.2 Å². The Balaban J connectivity index is 1.59. The standard InChI is InChI=1S/C16H30N2O/c1-12-2-9-15(10-3-12)18-16(19)11-6-13-4-7-14(17)8-5-13/h12-15H,2-11,17H2,1H3,(H,18,19). The first-order valence-corrected chi connectivity index (χ1v) is 8.18. The molecule has 0 saturated heterocycles. The van der Waals surface area contributed by atoms with E-state index in [1.165, 1.54) is 38.5 Å². The second-order valence-electron chi connectivity index (χ2n) is 6.84. The van der Waals surface area contributed by atoms with E-state index in [4.69, 9.17) is 5.73 Å². The van der Waals surface area contributed by atoms with Crippen LogP contribution in [0.4, 0.5) is 0 Å². The van der Waals surface area contributed by atoms with Gasteiger partial charge in [0.2, 0.25) is 5.91 Å². The smallest absolute Gasteiger partial charge is 0.220 e. The number of carbonyl (C=O) groups excluding carboxylic acids is 1. The third kappa shape index (κ3) is 5.13. The third-order valence-electron chi connectivity index (χ3n) is 5.05. The van der Waals surface area contributed by atoms with Gasteiger partial charge < -0.3 is 11.1 Å². The van der Waals surface area contributed by atoms with Crippen LogP contribution in [0.3, 0.4) is 0 Å². The van der Waals surface area contributed by atoms with Crippen LogP contribution in [0.5, 0.6) is 0 Å². The number of hydrogen-bond donors (Lipinski definition) is 2. The van der Waals surface area contributed by atoms with Crippen molar-refractivity contribution in [2.45, 2.75) is 83.2 Å². The molecule has 3 nitrogen and oxygen atoms in total. The zero-order valence-electron chi connectivity index (χ0n) is 12.4. The SMILES string of the molecule is CC1CCC(NC(=O)CCC2CCC(N)CC2)CC1. The van der Waals surface area contributed by atoms with Crippen LogP contribution in [0, 0.1) is 11.8 Å². The molecule has 2 saturated carbocycles. The Labute approximate surface area is 117 Å². The second kappa shape index (κ2) is 7.28. The summed E-state index contributed by atoms with van der Waals surface area (Å²) in [5.41, 5.74) is 5.91. The molecule has 3 heteroatoms. The van der Waals surface area contributed by atoms with Gasteiger partial charge in [-0.15, -0.1) is 0 Å². The largest absolute Gasteiger partial charge is 0.353 e. The molecule has 2 aliphatic rings. The van der Waals surface area contributed by atoms with Gasteiger partial charge in [0.1, 0.15) is 0 Å². The van der Waals surface area contributed by atoms with Crippen LogP contribution in [0.2, 0.25) is 0 Å². The Morgan fingerprint density at radius 1 is 1.05 bits per heavy atom. The second-order valence-corrected chi connectivity index (χ2v) is 6.84. The van der Waals surface area contributed by atoms with Crippen molar-refractivity contribution in [2.75, 3.05) is 0 Å². The van der Waals surface area contributed by atoms with Crippen molar-refractivity contribution >= 4 is 5.91 Å². The van der Waals surface area contributed by atoms with E-state index in [9.17, 15) is 4.79 Å². The summed E-state index contributed by atoms with van der Waals surface area (Å²) in [6, 6.07) is 0.859. The predicted octanol–water partition coefficient (Wildman–Crippen LogP) is 2.98. The highest BCUT2D eigenvalue weighted by Crippen LogP contribution is 2.27. The molecule has 0 unspecified atom stereocenters. The highest BCUT2D eigenvalue weighted by atomic mass is 16.1. The lowest BCUT2D eigenvalue weighted by Gasteiger charge is -2.28. The monoisotopic (exact) mass is 266 g/mol. The molecule has 0 spiro atoms. The molecule has 2 fully saturated rings. The summed E-state index contributed by atoms with van der Waals surface area (Å²) in [4.78, 5) is 12.0. The zero-order valence-corrected chi connectivity index (χ0v) is 12.4. The minimum Gasteiger partial charge on any atom is -0.353 e. The molecular formula is C16H30N2O. The fourth-order valence-electron chi connectivity index (χ4n) is 3.52. The molecule has 1 amide bonds. The molecule has 0 bridgehead atoms. The van der Waals surface area contributed by atoms with Gasteiger partial charge in [0.25, 0.3) is 0 Å². The molecule has 0 heterocycles. The van der Waals surface area contributed by atoms with Crippen molar-refractivity contribution in [3.05, 3.63) is 0 Å². The van der Waals surface area contributed by atoms with Gasteiger partial charge in [-0.05, 0) is 69.6 Å². The maximum absolute atomic E-state index is 12.0. The first kappa shape index (κ1) is 14.8. The van der Waals surface area contributed by atoms with Crippen LogP contribution >= 0.6 is 0 Å². The molecule has 0 aromatic heterocycles. The molecule has 0 aliphatic heterocycles. The summed E-state index contributed by atoms with van der Waals surface area (Å²) < 4.78 is 0. The summed E-state index contributed by atoms with van der Waals surface area (Å²) in [5.74, 6) is 1.85. The first-order chi connectivity index (χ1) is 9.13. The fourth-order valence-corrected chi connectivity index (χ4v) is 3.52. The van der Waals surface area contributed by atoms with Crippen molar-refractivity contribution in [1.29, 1.82) is 0 Å². The van der Waals surface area contributed by atoms with E-state index in [0.717, 1.165) is 31.1 Å². The highest BCUT2D eigenvalue weighted by Gasteiger charge is 2.22. The van der Waals surface area contributed by atoms with Crippen molar-refractivity contribution in [3.8, 4) is 0 Å². The summed E-state index contributed by atoms with van der Waals surface area (Å²) in [7, 11) is 0. The van der Waals surface area contributed by atoms with Crippen molar-refractivity contribution in [1.82, 2.24) is 5.32 Å². The van der Waals surface area contributed by atoms with Gasteiger partial charge in [-0.2, -0.15) is 0 Å². The Kier molecular flexibility index (Phi) is 5.68. The molecule has 2 aliphatic carbocycles. The number of amides is 1. The van der Waals surface area contributed by atoms with Crippen LogP contribution in [-0.2, 0) is 4.79 Å². The molecule has 0 aromatic rings. The summed E-state index contributed by atoms with van der Waals surface area (Å²) in [6.45, 7) is 2.31. The van der Waals surface area contributed by atoms with Crippen molar-refractivity contribution in [2.24, 2.45) is 17.6 Å². The first-order valence-electron chi connectivity index (χ1n) is 8.18. The number of hydrogen-bond acceptors (Lipinski definition) is 2. The molecule has 110 valence electrons. The Hall–Kier alpha value is -0.570. The topological polar surface area (TPSA) is 55.1 Å². The zero-order chi connectivity index (χ0) is 13.7. The molecule has 0 radical (unpaired) electrons. The van der Waals surface area contributed by atoms with E-state index in [1.54, 1.807) is 0 Å². The van der Waals surface area contributed by atoms with Gasteiger partial charge in [-0.3, -0.25) is 4.79 Å². The van der Waals surface area contributed by atoms with Crippen LogP contribution in [0.15, 0.2) is 0 Å². The molecule has 2 rings (SSSR count). The lowest BCUT2D eigenvalue weighted by atomic mass is 9.83. The average Bonchev–Trinajstić information content (AvgIpc) is 2.41. The van der Waals surface area contributed by atoms with E-state index >= 15 is 0 Å². The maximum Gasteiger partial charge on any atom is 0.220 e. The normalized spacial score (nSPS) is 35.9. The Morgan fingerprint density at radius 3 is 2.32 bits per heavy atom. The molecule has 0 aromatic carbocycles. The van der Waals surface area contributed by atoms with E-state index in [-0.39, 0.29) is 5.91 Å². The Morgan fingerprint density at radius 2 is 1.68 bits per heavy atom. The van der Waals surface area contributed by atoms with E-state index in [0.29, 0.717) is 18.5 Å². The maximum atomic E-state index is 12.0. The predicted molar refractivity (Wildman–Crippen MR) is 78.7 cm³/mol. The van der Waals surface area contributed by atoms with Crippen LogP contribution in [0.25, 0.3) is 0 Å². The van der Waals surface area contributed by atoms with Gasteiger partial charge >= 0.3 is 0 Å². The van der Waals surface area contributed by atoms with Crippen LogP contribution in [0.1, 0.15) is 71.1 Å². The quantitative estimate of drug-likeness (QED) is 0.822. The van der Waals surface area contributed by atoms with Crippen molar-refractivity contribution in [3.63, 3.8) is 0 Å². The van der Waals surface area contributed by atoms with Gasteiger partial charge in [-0.1, -0.05) is 6.92 Å². The van der Waals surface area contributed by atoms with Crippen LogP contribution in [-0.4, -0.2) is 18.0 Å². The number of rotatable bonds is 4. The summed E-state index contributed by atoms with van der Waals surface area (Å²) in [6.07, 6.45) is 11.4. The van der Waals surface area contributed by atoms with Gasteiger partial charge in [0.05, 0.1) is 0 Å². The minimum atomic E-state index is 0.273. The molecular weight excluding hydrogens is 236 g/mol. The highest BCUT2D eigenvalue weighted by molar-refractivity contribution is 5.76. The molecule has 19 heavy (non-hydrogen) atoms. The van der Waals surface area contributed by atoms with Crippen LogP contribution < -0.4 is 11.1 Å². The number of nitrogens with one attached hydrogen (secondary N) is 1. The molecule has 0 atom stereocenters. The van der Waals surface area contributed by atoms with Gasteiger partial charge in [0.15, 0.2) is 0 Å². The minimum absolute atomic E-state index is 0.273. The average molecular weight is 266 g/mol. The fraction of sp³-hybridized carbons (Fsp3) is 0.938. The van der Waals surface area contributed by atoms with E-state index < -0.39 is 0 Å². The number of nitrogens with two attached hydrogens (primary N) is 1.